The summed E-state index contributed by atoms with van der Waals surface area (Å²) in [5, 5.41) is 3.95. The van der Waals surface area contributed by atoms with Gasteiger partial charge >= 0.3 is 0 Å². The normalized spacial score (nSPS) is 16.4. The number of anilines is 1. The summed E-state index contributed by atoms with van der Waals surface area (Å²) in [6.45, 7) is 4.36. The number of aryl methyl sites for hydroxylation is 1. The van der Waals surface area contributed by atoms with Crippen molar-refractivity contribution in [2.24, 2.45) is 0 Å². The van der Waals surface area contributed by atoms with Gasteiger partial charge in [-0.3, -0.25) is 9.97 Å². The fraction of sp³-hybridized carbons (Fsp3) is 0.455. The van der Waals surface area contributed by atoms with Gasteiger partial charge in [0.2, 0.25) is 11.7 Å². The van der Waals surface area contributed by atoms with Crippen molar-refractivity contribution in [1.29, 1.82) is 0 Å². The summed E-state index contributed by atoms with van der Waals surface area (Å²) in [6.07, 6.45) is 4.38. The van der Waals surface area contributed by atoms with Gasteiger partial charge in [0.15, 0.2) is 0 Å². The van der Waals surface area contributed by atoms with Crippen LogP contribution in [0.25, 0.3) is 22.8 Å². The van der Waals surface area contributed by atoms with Crippen LogP contribution in [0.4, 0.5) is 14.5 Å². The second kappa shape index (κ2) is 9.05. The predicted molar refractivity (Wildman–Crippen MR) is 114 cm³/mol. The molecule has 0 spiro atoms. The molecule has 0 atom stereocenters. The monoisotopic (exact) mass is 428 g/mol. The van der Waals surface area contributed by atoms with Gasteiger partial charge in [-0.15, -0.1) is 0 Å². The van der Waals surface area contributed by atoms with Gasteiger partial charge in [0.25, 0.3) is 5.92 Å². The molecule has 31 heavy (non-hydrogen) atoms. The molecule has 4 rings (SSSR count). The fourth-order valence-electron chi connectivity index (χ4n) is 3.65. The lowest BCUT2D eigenvalue weighted by molar-refractivity contribution is -0.0550. The minimum atomic E-state index is -2.49. The molecule has 1 aliphatic heterocycles. The number of hydrogen-bond donors (Lipinski definition) is 0. The Bertz CT molecular complexity index is 997. The number of piperidine rings is 1. The number of rotatable bonds is 7. The zero-order valence-corrected chi connectivity index (χ0v) is 17.8. The SMILES string of the molecule is Cc1nc(-c2ccnc(-c3ccc(N(C)CCCN4CCC(F)(F)CC4)cn3)c2)no1. The van der Waals surface area contributed by atoms with E-state index >= 15 is 0 Å². The van der Waals surface area contributed by atoms with E-state index < -0.39 is 5.92 Å². The Labute approximate surface area is 180 Å². The molecule has 3 aromatic heterocycles. The molecule has 0 saturated carbocycles. The van der Waals surface area contributed by atoms with E-state index in [4.69, 9.17) is 4.52 Å². The highest BCUT2D eigenvalue weighted by Crippen LogP contribution is 2.27. The molecule has 0 bridgehead atoms. The maximum atomic E-state index is 13.3. The highest BCUT2D eigenvalue weighted by Gasteiger charge is 2.33. The molecule has 0 amide bonds. The number of alkyl halides is 2. The van der Waals surface area contributed by atoms with Crippen LogP contribution in [-0.2, 0) is 0 Å². The molecule has 0 unspecified atom stereocenters. The van der Waals surface area contributed by atoms with Crippen molar-refractivity contribution in [1.82, 2.24) is 25.0 Å². The maximum absolute atomic E-state index is 13.3. The van der Waals surface area contributed by atoms with Crippen molar-refractivity contribution >= 4 is 5.69 Å². The van der Waals surface area contributed by atoms with Gasteiger partial charge in [-0.25, -0.2) is 8.78 Å². The first kappa shape index (κ1) is 21.3. The van der Waals surface area contributed by atoms with Crippen molar-refractivity contribution in [2.45, 2.75) is 32.1 Å². The number of likely N-dealkylation sites (tertiary alicyclic amines) is 1. The van der Waals surface area contributed by atoms with Gasteiger partial charge in [-0.1, -0.05) is 5.16 Å². The lowest BCUT2D eigenvalue weighted by Crippen LogP contribution is -2.40. The van der Waals surface area contributed by atoms with Crippen LogP contribution in [0.15, 0.2) is 41.2 Å². The predicted octanol–water partition coefficient (Wildman–Crippen LogP) is 4.06. The topological polar surface area (TPSA) is 71.2 Å². The Morgan fingerprint density at radius 1 is 1.13 bits per heavy atom. The second-order valence-corrected chi connectivity index (χ2v) is 7.94. The maximum Gasteiger partial charge on any atom is 0.250 e. The number of nitrogens with zero attached hydrogens (tertiary/aromatic N) is 6. The number of pyridine rings is 2. The standard InChI is InChI=1S/C22H26F2N6O/c1-16-27-21(28-31-16)17-6-9-25-20(14-17)19-5-4-18(15-26-19)29(2)10-3-11-30-12-7-22(23,24)8-13-30/h4-6,9,14-15H,3,7-8,10-13H2,1-2H3. The van der Waals surface area contributed by atoms with Gasteiger partial charge in [0, 0.05) is 58.2 Å². The summed E-state index contributed by atoms with van der Waals surface area (Å²) in [5.74, 6) is -1.45. The molecule has 4 heterocycles. The highest BCUT2D eigenvalue weighted by molar-refractivity contribution is 5.65. The molecule has 164 valence electrons. The van der Waals surface area contributed by atoms with Crippen molar-refractivity contribution in [3.63, 3.8) is 0 Å². The van der Waals surface area contributed by atoms with Crippen LogP contribution in [-0.4, -0.2) is 64.2 Å². The van der Waals surface area contributed by atoms with Crippen LogP contribution in [0.5, 0.6) is 0 Å². The van der Waals surface area contributed by atoms with Gasteiger partial charge in [-0.2, -0.15) is 4.98 Å². The first-order valence-corrected chi connectivity index (χ1v) is 10.4. The summed E-state index contributed by atoms with van der Waals surface area (Å²) in [6, 6.07) is 7.67. The number of hydrogen-bond acceptors (Lipinski definition) is 7. The highest BCUT2D eigenvalue weighted by atomic mass is 19.3. The number of halogens is 2. The average molecular weight is 428 g/mol. The van der Waals surface area contributed by atoms with Crippen LogP contribution in [0.1, 0.15) is 25.2 Å². The average Bonchev–Trinajstić information content (AvgIpc) is 3.21. The van der Waals surface area contributed by atoms with Crippen LogP contribution < -0.4 is 4.90 Å². The van der Waals surface area contributed by atoms with E-state index in [-0.39, 0.29) is 12.8 Å². The summed E-state index contributed by atoms with van der Waals surface area (Å²) in [7, 11) is 2.01. The Morgan fingerprint density at radius 3 is 2.61 bits per heavy atom. The Balaban J connectivity index is 1.33. The Kier molecular flexibility index (Phi) is 6.22. The molecule has 3 aromatic rings. The van der Waals surface area contributed by atoms with Crippen molar-refractivity contribution in [3.8, 4) is 22.8 Å². The summed E-state index contributed by atoms with van der Waals surface area (Å²) < 4.78 is 31.6. The minimum absolute atomic E-state index is 0.0320. The first-order valence-electron chi connectivity index (χ1n) is 10.4. The van der Waals surface area contributed by atoms with E-state index in [2.05, 4.69) is 29.9 Å². The number of aromatic nitrogens is 4. The lowest BCUT2D eigenvalue weighted by atomic mass is 10.1. The summed E-state index contributed by atoms with van der Waals surface area (Å²) >= 11 is 0. The third-order valence-electron chi connectivity index (χ3n) is 5.55. The van der Waals surface area contributed by atoms with E-state index in [1.807, 2.05) is 37.5 Å². The zero-order valence-electron chi connectivity index (χ0n) is 17.8. The van der Waals surface area contributed by atoms with Crippen LogP contribution in [0.3, 0.4) is 0 Å². The lowest BCUT2D eigenvalue weighted by Gasteiger charge is -2.32. The van der Waals surface area contributed by atoms with Crippen molar-refractivity contribution in [3.05, 3.63) is 42.5 Å². The van der Waals surface area contributed by atoms with Gasteiger partial charge in [0.1, 0.15) is 0 Å². The largest absolute Gasteiger partial charge is 0.373 e. The molecule has 1 saturated heterocycles. The first-order chi connectivity index (χ1) is 14.9. The van der Waals surface area contributed by atoms with Crippen LogP contribution >= 0.6 is 0 Å². The van der Waals surface area contributed by atoms with E-state index in [0.717, 1.165) is 42.1 Å². The molecule has 0 radical (unpaired) electrons. The van der Waals surface area contributed by atoms with Gasteiger partial charge in [0.05, 0.1) is 23.3 Å². The molecule has 0 aliphatic carbocycles. The van der Waals surface area contributed by atoms with Crippen molar-refractivity contribution in [2.75, 3.05) is 38.1 Å². The quantitative estimate of drug-likeness (QED) is 0.562. The van der Waals surface area contributed by atoms with Gasteiger partial charge < -0.3 is 14.3 Å². The third-order valence-corrected chi connectivity index (χ3v) is 5.55. The molecule has 0 N–H and O–H groups in total. The molecule has 0 aromatic carbocycles. The van der Waals surface area contributed by atoms with Gasteiger partial charge in [-0.05, 0) is 37.2 Å². The molecule has 1 aliphatic rings. The summed E-state index contributed by atoms with van der Waals surface area (Å²) in [5.41, 5.74) is 3.31. The summed E-state index contributed by atoms with van der Waals surface area (Å²) in [4.78, 5) is 17.5. The molecule has 9 heteroatoms. The van der Waals surface area contributed by atoms with Crippen LogP contribution in [0.2, 0.25) is 0 Å². The third kappa shape index (κ3) is 5.41. The molecular weight excluding hydrogens is 402 g/mol. The fourth-order valence-corrected chi connectivity index (χ4v) is 3.65. The molecular formula is C22H26F2N6O. The van der Waals surface area contributed by atoms with Crippen molar-refractivity contribution < 1.29 is 13.3 Å². The zero-order chi connectivity index (χ0) is 21.8. The minimum Gasteiger partial charge on any atom is -0.373 e. The Hall–Kier alpha value is -2.94. The molecule has 1 fully saturated rings. The Morgan fingerprint density at radius 2 is 1.94 bits per heavy atom. The van der Waals surface area contributed by atoms with E-state index in [9.17, 15) is 8.78 Å². The van der Waals surface area contributed by atoms with E-state index in [0.29, 0.717) is 24.8 Å². The smallest absolute Gasteiger partial charge is 0.250 e. The van der Waals surface area contributed by atoms with Crippen LogP contribution in [0, 0.1) is 6.92 Å². The second-order valence-electron chi connectivity index (χ2n) is 7.94. The van der Waals surface area contributed by atoms with E-state index in [1.54, 1.807) is 13.1 Å². The molecule has 7 nitrogen and oxygen atoms in total. The van der Waals surface area contributed by atoms with E-state index in [1.165, 1.54) is 0 Å².